The number of carbonyl (C=O) groups is 2. The van der Waals surface area contributed by atoms with Crippen LogP contribution in [0.2, 0.25) is 0 Å². The van der Waals surface area contributed by atoms with Gasteiger partial charge in [-0.1, -0.05) is 25.1 Å². The molecule has 96 valence electrons. The number of hydrogen-bond donors (Lipinski definition) is 2. The van der Waals surface area contributed by atoms with E-state index in [1.165, 1.54) is 0 Å². The van der Waals surface area contributed by atoms with Gasteiger partial charge in [0.25, 0.3) is 0 Å². The Hall–Kier alpha value is -2.04. The number of amides is 2. The second kappa shape index (κ2) is 5.08. The summed E-state index contributed by atoms with van der Waals surface area (Å²) >= 11 is 0. The number of carboxylic acids is 1. The Morgan fingerprint density at radius 2 is 2.17 bits per heavy atom. The summed E-state index contributed by atoms with van der Waals surface area (Å²) < 4.78 is 0. The third-order valence-corrected chi connectivity index (χ3v) is 3.14. The minimum absolute atomic E-state index is 0.339. The van der Waals surface area contributed by atoms with Crippen molar-refractivity contribution in [3.63, 3.8) is 0 Å². The second-order valence-electron chi connectivity index (χ2n) is 4.28. The van der Waals surface area contributed by atoms with Crippen LogP contribution in [-0.4, -0.2) is 29.7 Å². The van der Waals surface area contributed by atoms with Crippen molar-refractivity contribution < 1.29 is 14.7 Å². The van der Waals surface area contributed by atoms with Crippen LogP contribution in [0.4, 0.5) is 10.5 Å². The molecule has 2 rings (SSSR count). The lowest BCUT2D eigenvalue weighted by Crippen LogP contribution is -2.47. The molecule has 1 unspecified atom stereocenters. The zero-order valence-corrected chi connectivity index (χ0v) is 10.2. The Morgan fingerprint density at radius 3 is 2.83 bits per heavy atom. The summed E-state index contributed by atoms with van der Waals surface area (Å²) in [5.41, 5.74) is 1.99. The fourth-order valence-corrected chi connectivity index (χ4v) is 2.11. The van der Waals surface area contributed by atoms with Gasteiger partial charge < -0.3 is 10.4 Å². The summed E-state index contributed by atoms with van der Waals surface area (Å²) in [7, 11) is 0. The third kappa shape index (κ3) is 2.30. The van der Waals surface area contributed by atoms with Gasteiger partial charge in [-0.15, -0.1) is 0 Å². The van der Waals surface area contributed by atoms with Crippen LogP contribution < -0.4 is 10.2 Å². The number of urea groups is 1. The van der Waals surface area contributed by atoms with Crippen molar-refractivity contribution in [2.75, 3.05) is 11.4 Å². The molecule has 2 N–H and O–H groups in total. The van der Waals surface area contributed by atoms with Crippen molar-refractivity contribution in [1.82, 2.24) is 5.32 Å². The van der Waals surface area contributed by atoms with E-state index in [9.17, 15) is 9.59 Å². The number of nitrogens with zero attached hydrogens (tertiary/aromatic N) is 1. The van der Waals surface area contributed by atoms with Crippen molar-refractivity contribution in [3.05, 3.63) is 29.8 Å². The number of rotatable bonds is 3. The molecule has 1 aromatic carbocycles. The molecule has 1 heterocycles. The van der Waals surface area contributed by atoms with E-state index < -0.39 is 12.0 Å². The Labute approximate surface area is 105 Å². The van der Waals surface area contributed by atoms with Gasteiger partial charge in [0.05, 0.1) is 0 Å². The van der Waals surface area contributed by atoms with Gasteiger partial charge >= 0.3 is 12.0 Å². The molecule has 1 aliphatic heterocycles. The number of hydrogen-bond acceptors (Lipinski definition) is 2. The monoisotopic (exact) mass is 248 g/mol. The number of carbonyl (C=O) groups excluding carboxylic acids is 1. The molecule has 0 saturated heterocycles. The predicted molar refractivity (Wildman–Crippen MR) is 67.7 cm³/mol. The summed E-state index contributed by atoms with van der Waals surface area (Å²) in [6.45, 7) is 2.33. The van der Waals surface area contributed by atoms with E-state index >= 15 is 0 Å². The number of fused-ring (bicyclic) bond motifs is 1. The molecular formula is C13H16N2O3. The molecule has 1 atom stereocenters. The van der Waals surface area contributed by atoms with Crippen LogP contribution >= 0.6 is 0 Å². The number of para-hydroxylation sites is 1. The number of nitrogens with one attached hydrogen (secondary N) is 1. The van der Waals surface area contributed by atoms with Crippen LogP contribution in [0, 0.1) is 0 Å². The van der Waals surface area contributed by atoms with Gasteiger partial charge in [0.2, 0.25) is 0 Å². The standard InChI is InChI=1S/C13H16N2O3/c1-2-10(12(16)17)14-13(18)15-8-7-9-5-3-4-6-11(9)15/h3-6,10H,2,7-8H2,1H3,(H,14,18)(H,16,17). The smallest absolute Gasteiger partial charge is 0.326 e. The van der Waals surface area contributed by atoms with E-state index in [1.807, 2.05) is 24.3 Å². The number of benzene rings is 1. The van der Waals surface area contributed by atoms with E-state index in [-0.39, 0.29) is 6.03 Å². The summed E-state index contributed by atoms with van der Waals surface area (Å²) in [5, 5.41) is 11.5. The highest BCUT2D eigenvalue weighted by Gasteiger charge is 2.27. The van der Waals surface area contributed by atoms with Crippen LogP contribution in [0.5, 0.6) is 0 Å². The zero-order valence-electron chi connectivity index (χ0n) is 10.2. The normalized spacial score (nSPS) is 15.1. The molecular weight excluding hydrogens is 232 g/mol. The van der Waals surface area contributed by atoms with Gasteiger partial charge in [-0.2, -0.15) is 0 Å². The maximum absolute atomic E-state index is 12.0. The Kier molecular flexibility index (Phi) is 3.50. The summed E-state index contributed by atoms with van der Waals surface area (Å²) in [6.07, 6.45) is 1.18. The minimum atomic E-state index is -1.00. The number of anilines is 1. The molecule has 5 heteroatoms. The fourth-order valence-electron chi connectivity index (χ4n) is 2.11. The van der Waals surface area contributed by atoms with Crippen LogP contribution in [0.3, 0.4) is 0 Å². The van der Waals surface area contributed by atoms with Crippen LogP contribution in [0.15, 0.2) is 24.3 Å². The van der Waals surface area contributed by atoms with Crippen molar-refractivity contribution in [1.29, 1.82) is 0 Å². The quantitative estimate of drug-likeness (QED) is 0.854. The van der Waals surface area contributed by atoms with E-state index in [1.54, 1.807) is 11.8 Å². The van der Waals surface area contributed by atoms with Crippen molar-refractivity contribution in [2.45, 2.75) is 25.8 Å². The van der Waals surface area contributed by atoms with E-state index in [0.717, 1.165) is 17.7 Å². The largest absolute Gasteiger partial charge is 0.480 e. The Bertz CT molecular complexity index is 473. The maximum Gasteiger partial charge on any atom is 0.326 e. The average Bonchev–Trinajstić information content (AvgIpc) is 2.79. The van der Waals surface area contributed by atoms with Gasteiger partial charge in [-0.3, -0.25) is 4.90 Å². The van der Waals surface area contributed by atoms with E-state index in [0.29, 0.717) is 13.0 Å². The average molecular weight is 248 g/mol. The maximum atomic E-state index is 12.0. The topological polar surface area (TPSA) is 69.6 Å². The van der Waals surface area contributed by atoms with Crippen LogP contribution in [-0.2, 0) is 11.2 Å². The molecule has 0 aliphatic carbocycles. The molecule has 1 aromatic rings. The Balaban J connectivity index is 2.10. The van der Waals surface area contributed by atoms with Crippen molar-refractivity contribution in [2.24, 2.45) is 0 Å². The SMILES string of the molecule is CCC(NC(=O)N1CCc2ccccc21)C(=O)O. The zero-order chi connectivity index (χ0) is 13.1. The molecule has 5 nitrogen and oxygen atoms in total. The summed E-state index contributed by atoms with van der Waals surface area (Å²) in [5.74, 6) is -1.00. The third-order valence-electron chi connectivity index (χ3n) is 3.14. The molecule has 0 spiro atoms. The first-order chi connectivity index (χ1) is 8.63. The highest BCUT2D eigenvalue weighted by Crippen LogP contribution is 2.27. The molecule has 0 radical (unpaired) electrons. The minimum Gasteiger partial charge on any atom is -0.480 e. The first-order valence-electron chi connectivity index (χ1n) is 6.02. The lowest BCUT2D eigenvalue weighted by atomic mass is 10.2. The van der Waals surface area contributed by atoms with E-state index in [2.05, 4.69) is 5.32 Å². The number of carboxylic acid groups (broad SMARTS) is 1. The van der Waals surface area contributed by atoms with Gasteiger partial charge in [0.15, 0.2) is 0 Å². The summed E-state index contributed by atoms with van der Waals surface area (Å²) in [4.78, 5) is 24.5. The lowest BCUT2D eigenvalue weighted by Gasteiger charge is -2.20. The van der Waals surface area contributed by atoms with Gasteiger partial charge in [-0.25, -0.2) is 9.59 Å². The van der Waals surface area contributed by atoms with E-state index in [4.69, 9.17) is 5.11 Å². The van der Waals surface area contributed by atoms with Crippen molar-refractivity contribution >= 4 is 17.7 Å². The van der Waals surface area contributed by atoms with Crippen LogP contribution in [0.25, 0.3) is 0 Å². The predicted octanol–water partition coefficient (Wildman–Crippen LogP) is 1.62. The Morgan fingerprint density at radius 1 is 1.44 bits per heavy atom. The van der Waals surface area contributed by atoms with Crippen molar-refractivity contribution in [3.8, 4) is 0 Å². The first kappa shape index (κ1) is 12.4. The molecule has 0 aromatic heterocycles. The van der Waals surface area contributed by atoms with Gasteiger partial charge in [0, 0.05) is 12.2 Å². The molecule has 2 amide bonds. The highest BCUT2D eigenvalue weighted by molar-refractivity contribution is 5.96. The number of aliphatic carboxylic acids is 1. The molecule has 0 saturated carbocycles. The molecule has 18 heavy (non-hydrogen) atoms. The van der Waals surface area contributed by atoms with Crippen LogP contribution in [0.1, 0.15) is 18.9 Å². The lowest BCUT2D eigenvalue weighted by molar-refractivity contribution is -0.139. The molecule has 0 fully saturated rings. The summed E-state index contributed by atoms with van der Waals surface area (Å²) in [6, 6.07) is 6.51. The van der Waals surface area contributed by atoms with Gasteiger partial charge in [0.1, 0.15) is 6.04 Å². The second-order valence-corrected chi connectivity index (χ2v) is 4.28. The van der Waals surface area contributed by atoms with Gasteiger partial charge in [-0.05, 0) is 24.5 Å². The highest BCUT2D eigenvalue weighted by atomic mass is 16.4. The fraction of sp³-hybridized carbons (Fsp3) is 0.385. The first-order valence-corrected chi connectivity index (χ1v) is 6.02. The molecule has 1 aliphatic rings. The molecule has 0 bridgehead atoms.